The fourth-order valence-corrected chi connectivity index (χ4v) is 4.48. The summed E-state index contributed by atoms with van der Waals surface area (Å²) in [6.45, 7) is 4.18. The zero-order chi connectivity index (χ0) is 26.5. The maximum atomic E-state index is 13.4. The number of carbonyl (C=O) groups is 2. The molecule has 0 unspecified atom stereocenters. The molecule has 188 valence electrons. The Morgan fingerprint density at radius 1 is 1.08 bits per heavy atom. The van der Waals surface area contributed by atoms with Gasteiger partial charge in [0, 0.05) is 5.56 Å². The Morgan fingerprint density at radius 3 is 2.54 bits per heavy atom. The number of nitrogens with zero attached hydrogens (tertiary/aromatic N) is 1. The molecule has 1 aliphatic heterocycles. The van der Waals surface area contributed by atoms with E-state index in [1.165, 1.54) is 13.2 Å². The third-order valence-electron chi connectivity index (χ3n) is 5.55. The number of thiocarbonyl (C=S) groups is 1. The lowest BCUT2D eigenvalue weighted by Crippen LogP contribution is -2.54. The first-order chi connectivity index (χ1) is 17.8. The summed E-state index contributed by atoms with van der Waals surface area (Å²) in [5.74, 6) is -0.248. The first kappa shape index (κ1) is 26.4. The molecular weight excluding hydrogens is 531 g/mol. The molecule has 0 bridgehead atoms. The second-order valence-electron chi connectivity index (χ2n) is 8.01. The molecular formula is C28H22Cl2N2O4S. The van der Waals surface area contributed by atoms with Gasteiger partial charge in [-0.15, -0.1) is 6.58 Å². The second-order valence-corrected chi connectivity index (χ2v) is 9.18. The van der Waals surface area contributed by atoms with Crippen LogP contribution in [0.15, 0.2) is 78.9 Å². The highest BCUT2D eigenvalue weighted by Crippen LogP contribution is 2.37. The summed E-state index contributed by atoms with van der Waals surface area (Å²) in [7, 11) is 1.53. The Hall–Kier alpha value is -3.65. The van der Waals surface area contributed by atoms with Gasteiger partial charge in [0.15, 0.2) is 16.6 Å². The minimum Gasteiger partial charge on any atom is -0.493 e. The molecule has 0 spiro atoms. The van der Waals surface area contributed by atoms with E-state index in [0.29, 0.717) is 30.1 Å². The number of allylic oxidation sites excluding steroid dienone is 1. The van der Waals surface area contributed by atoms with E-state index in [-0.39, 0.29) is 26.4 Å². The molecule has 0 saturated carbocycles. The third kappa shape index (κ3) is 5.69. The van der Waals surface area contributed by atoms with Crippen LogP contribution in [0, 0.1) is 0 Å². The normalized spacial score (nSPS) is 14.5. The van der Waals surface area contributed by atoms with Crippen LogP contribution in [0.5, 0.6) is 11.5 Å². The van der Waals surface area contributed by atoms with Gasteiger partial charge < -0.3 is 9.47 Å². The van der Waals surface area contributed by atoms with Crippen LogP contribution in [0.1, 0.15) is 16.7 Å². The Kier molecular flexibility index (Phi) is 8.28. The number of amides is 2. The Bertz CT molecular complexity index is 1420. The largest absolute Gasteiger partial charge is 0.493 e. The van der Waals surface area contributed by atoms with Crippen LogP contribution in [-0.2, 0) is 22.6 Å². The summed E-state index contributed by atoms with van der Waals surface area (Å²) >= 11 is 17.7. The van der Waals surface area contributed by atoms with Crippen molar-refractivity contribution in [2.24, 2.45) is 0 Å². The maximum absolute atomic E-state index is 13.4. The lowest BCUT2D eigenvalue weighted by Gasteiger charge is -2.29. The van der Waals surface area contributed by atoms with Gasteiger partial charge in [-0.2, -0.15) is 0 Å². The van der Waals surface area contributed by atoms with E-state index < -0.39 is 11.8 Å². The van der Waals surface area contributed by atoms with Crippen molar-refractivity contribution < 1.29 is 19.1 Å². The molecule has 1 aliphatic rings. The van der Waals surface area contributed by atoms with Crippen molar-refractivity contribution in [1.29, 1.82) is 0 Å². The van der Waals surface area contributed by atoms with Crippen molar-refractivity contribution in [3.05, 3.63) is 106 Å². The summed E-state index contributed by atoms with van der Waals surface area (Å²) in [5.41, 5.74) is 2.48. The highest BCUT2D eigenvalue weighted by molar-refractivity contribution is 7.80. The van der Waals surface area contributed by atoms with Gasteiger partial charge in [-0.3, -0.25) is 19.8 Å². The van der Waals surface area contributed by atoms with Gasteiger partial charge in [0.2, 0.25) is 0 Å². The molecule has 4 rings (SSSR count). The van der Waals surface area contributed by atoms with E-state index in [1.54, 1.807) is 30.3 Å². The number of ether oxygens (including phenoxy) is 2. The molecule has 0 radical (unpaired) electrons. The van der Waals surface area contributed by atoms with Crippen molar-refractivity contribution in [1.82, 2.24) is 5.32 Å². The minimum absolute atomic E-state index is 0.0918. The monoisotopic (exact) mass is 552 g/mol. The molecule has 1 heterocycles. The van der Waals surface area contributed by atoms with Crippen LogP contribution in [-0.4, -0.2) is 24.0 Å². The van der Waals surface area contributed by atoms with Gasteiger partial charge in [-0.25, -0.2) is 0 Å². The van der Waals surface area contributed by atoms with Gasteiger partial charge >= 0.3 is 0 Å². The number of benzene rings is 3. The zero-order valence-electron chi connectivity index (χ0n) is 19.8. The first-order valence-electron chi connectivity index (χ1n) is 11.2. The number of anilines is 1. The van der Waals surface area contributed by atoms with E-state index >= 15 is 0 Å². The molecule has 0 aromatic heterocycles. The van der Waals surface area contributed by atoms with Gasteiger partial charge in [0.1, 0.15) is 12.2 Å². The molecule has 1 fully saturated rings. The number of halogens is 2. The summed E-state index contributed by atoms with van der Waals surface area (Å²) in [5, 5.41) is 2.85. The highest BCUT2D eigenvalue weighted by atomic mass is 35.5. The number of rotatable bonds is 8. The van der Waals surface area contributed by atoms with Crippen LogP contribution >= 0.6 is 35.4 Å². The van der Waals surface area contributed by atoms with Crippen LogP contribution in [0.2, 0.25) is 10.0 Å². The van der Waals surface area contributed by atoms with E-state index in [2.05, 4.69) is 11.9 Å². The molecule has 1 saturated heterocycles. The molecule has 6 nitrogen and oxygen atoms in total. The van der Waals surface area contributed by atoms with Crippen LogP contribution in [0.4, 0.5) is 5.69 Å². The lowest BCUT2D eigenvalue weighted by atomic mass is 10.0. The number of methoxy groups -OCH3 is 1. The number of hydrogen-bond acceptors (Lipinski definition) is 5. The Labute approximate surface area is 230 Å². The summed E-state index contributed by atoms with van der Waals surface area (Å²) in [6, 6.07) is 18.1. The number of nitrogens with one attached hydrogen (secondary N) is 1. The van der Waals surface area contributed by atoms with Crippen molar-refractivity contribution in [2.45, 2.75) is 13.0 Å². The summed E-state index contributed by atoms with van der Waals surface area (Å²) in [4.78, 5) is 27.4. The molecule has 2 amide bonds. The molecule has 3 aromatic carbocycles. The highest BCUT2D eigenvalue weighted by Gasteiger charge is 2.35. The topological polar surface area (TPSA) is 67.9 Å². The Balaban J connectivity index is 1.72. The summed E-state index contributed by atoms with van der Waals surface area (Å²) < 4.78 is 11.7. The average Bonchev–Trinajstić information content (AvgIpc) is 2.88. The number of carbonyl (C=O) groups excluding carboxylic acids is 2. The molecule has 0 aliphatic carbocycles. The Morgan fingerprint density at radius 2 is 1.84 bits per heavy atom. The SMILES string of the molecule is C=CCc1cc(/C=C2\C(=O)NC(=S)N(c3cccc(Cl)c3Cl)C2=O)cc(OC)c1OCc1ccccc1. The van der Waals surface area contributed by atoms with E-state index in [0.717, 1.165) is 16.0 Å². The predicted octanol–water partition coefficient (Wildman–Crippen LogP) is 6.14. The molecule has 0 atom stereocenters. The minimum atomic E-state index is -0.633. The fourth-order valence-electron chi connectivity index (χ4n) is 3.83. The summed E-state index contributed by atoms with van der Waals surface area (Å²) in [6.07, 6.45) is 3.69. The molecule has 9 heteroatoms. The molecule has 1 N–H and O–H groups in total. The van der Waals surface area contributed by atoms with Gasteiger partial charge in [-0.1, -0.05) is 65.7 Å². The van der Waals surface area contributed by atoms with Gasteiger partial charge in [-0.05, 0) is 60.1 Å². The van der Waals surface area contributed by atoms with E-state index in [9.17, 15) is 9.59 Å². The van der Waals surface area contributed by atoms with Crippen LogP contribution in [0.3, 0.4) is 0 Å². The maximum Gasteiger partial charge on any atom is 0.270 e. The average molecular weight is 553 g/mol. The van der Waals surface area contributed by atoms with Crippen LogP contribution in [0.25, 0.3) is 6.08 Å². The van der Waals surface area contributed by atoms with Gasteiger partial charge in [0.25, 0.3) is 11.8 Å². The van der Waals surface area contributed by atoms with Crippen molar-refractivity contribution in [3.8, 4) is 11.5 Å². The smallest absolute Gasteiger partial charge is 0.270 e. The van der Waals surface area contributed by atoms with Gasteiger partial charge in [0.05, 0.1) is 22.8 Å². The van der Waals surface area contributed by atoms with E-state index in [4.69, 9.17) is 44.9 Å². The quantitative estimate of drug-likeness (QED) is 0.157. The fraction of sp³-hybridized carbons (Fsp3) is 0.107. The van der Waals surface area contributed by atoms with Crippen molar-refractivity contribution in [2.75, 3.05) is 12.0 Å². The third-order valence-corrected chi connectivity index (χ3v) is 6.64. The zero-order valence-corrected chi connectivity index (χ0v) is 22.1. The standard InChI is InChI=1S/C28H22Cl2N2O4S/c1-3-8-19-13-18(15-23(35-2)25(19)36-16-17-9-5-4-6-10-17)14-20-26(33)31-28(37)32(27(20)34)22-12-7-11-21(29)24(22)30/h3-7,9-15H,1,8,16H2,2H3,(H,31,33,37)/b20-14+. The first-order valence-corrected chi connectivity index (χ1v) is 12.3. The van der Waals surface area contributed by atoms with E-state index in [1.807, 2.05) is 36.4 Å². The van der Waals surface area contributed by atoms with Crippen LogP contribution < -0.4 is 19.7 Å². The van der Waals surface area contributed by atoms with Crippen molar-refractivity contribution in [3.63, 3.8) is 0 Å². The second kappa shape index (κ2) is 11.6. The molecule has 37 heavy (non-hydrogen) atoms. The lowest BCUT2D eigenvalue weighted by molar-refractivity contribution is -0.122. The van der Waals surface area contributed by atoms with Crippen molar-refractivity contribution >= 4 is 64.1 Å². The number of hydrogen-bond donors (Lipinski definition) is 1. The molecule has 3 aromatic rings. The predicted molar refractivity (Wildman–Crippen MR) is 150 cm³/mol.